The Hall–Kier alpha value is -1.35. The van der Waals surface area contributed by atoms with E-state index >= 15 is 0 Å². The van der Waals surface area contributed by atoms with Gasteiger partial charge in [-0.25, -0.2) is 0 Å². The number of methoxy groups -OCH3 is 1. The zero-order chi connectivity index (χ0) is 10.4. The number of hydrogen-bond acceptors (Lipinski definition) is 2. The van der Waals surface area contributed by atoms with Crippen LogP contribution in [0.15, 0.2) is 24.3 Å². The third-order valence-corrected chi connectivity index (χ3v) is 1.84. The van der Waals surface area contributed by atoms with Gasteiger partial charge in [0.15, 0.2) is 0 Å². The van der Waals surface area contributed by atoms with Gasteiger partial charge in [-0.05, 0) is 24.1 Å². The van der Waals surface area contributed by atoms with Gasteiger partial charge in [0.1, 0.15) is 0 Å². The highest BCUT2D eigenvalue weighted by Gasteiger charge is 1.97. The average Bonchev–Trinajstić information content (AvgIpc) is 2.14. The molecule has 3 nitrogen and oxygen atoms in total. The Morgan fingerprint density at radius 2 is 2.29 bits per heavy atom. The largest absolute Gasteiger partial charge is 0.384 e. The molecule has 76 valence electrons. The minimum absolute atomic E-state index is 0.0473. The second-order valence-electron chi connectivity index (χ2n) is 3.12. The maximum atomic E-state index is 10.8. The highest BCUT2D eigenvalue weighted by Crippen LogP contribution is 2.10. The topological polar surface area (TPSA) is 38.3 Å². The van der Waals surface area contributed by atoms with E-state index in [0.29, 0.717) is 6.61 Å². The number of nitrogens with one attached hydrogen (secondary N) is 1. The van der Waals surface area contributed by atoms with E-state index in [9.17, 15) is 4.79 Å². The molecule has 0 radical (unpaired) electrons. The number of ether oxygens (including phenoxy) is 1. The summed E-state index contributed by atoms with van der Waals surface area (Å²) in [5, 5.41) is 2.74. The first-order valence-corrected chi connectivity index (χ1v) is 4.58. The third-order valence-electron chi connectivity index (χ3n) is 1.84. The third kappa shape index (κ3) is 3.58. The van der Waals surface area contributed by atoms with Crippen LogP contribution in [0.5, 0.6) is 0 Å². The molecular formula is C11H15NO2. The van der Waals surface area contributed by atoms with Crippen LogP contribution in [-0.4, -0.2) is 19.6 Å². The van der Waals surface area contributed by atoms with Crippen LogP contribution >= 0.6 is 0 Å². The molecule has 0 fully saturated rings. The lowest BCUT2D eigenvalue weighted by atomic mass is 10.1. The first-order chi connectivity index (χ1) is 6.72. The summed E-state index contributed by atoms with van der Waals surface area (Å²) in [5.74, 6) is -0.0473. The Balaban J connectivity index is 2.63. The molecule has 1 N–H and O–H groups in total. The second-order valence-corrected chi connectivity index (χ2v) is 3.12. The fourth-order valence-electron chi connectivity index (χ4n) is 1.23. The second kappa shape index (κ2) is 5.40. The van der Waals surface area contributed by atoms with E-state index < -0.39 is 0 Å². The molecule has 0 aliphatic heterocycles. The number of carbonyl (C=O) groups is 1. The zero-order valence-corrected chi connectivity index (χ0v) is 8.54. The molecule has 0 unspecified atom stereocenters. The van der Waals surface area contributed by atoms with Crippen LogP contribution in [-0.2, 0) is 16.0 Å². The van der Waals surface area contributed by atoms with E-state index in [2.05, 4.69) is 5.32 Å². The van der Waals surface area contributed by atoms with Crippen LogP contribution in [0.25, 0.3) is 0 Å². The molecule has 14 heavy (non-hydrogen) atoms. The fraction of sp³-hybridized carbons (Fsp3) is 0.364. The molecule has 1 aromatic rings. The van der Waals surface area contributed by atoms with Gasteiger partial charge in [-0.2, -0.15) is 0 Å². The van der Waals surface area contributed by atoms with Gasteiger partial charge in [0.25, 0.3) is 0 Å². The first kappa shape index (κ1) is 10.7. The van der Waals surface area contributed by atoms with Gasteiger partial charge >= 0.3 is 0 Å². The Morgan fingerprint density at radius 1 is 1.50 bits per heavy atom. The Bertz CT molecular complexity index is 310. The van der Waals surface area contributed by atoms with E-state index in [1.165, 1.54) is 6.92 Å². The van der Waals surface area contributed by atoms with Gasteiger partial charge < -0.3 is 10.1 Å². The normalized spacial score (nSPS) is 9.86. The van der Waals surface area contributed by atoms with Gasteiger partial charge in [0, 0.05) is 19.7 Å². The average molecular weight is 193 g/mol. The highest BCUT2D eigenvalue weighted by atomic mass is 16.5. The molecule has 0 atom stereocenters. The maximum Gasteiger partial charge on any atom is 0.221 e. The lowest BCUT2D eigenvalue weighted by Gasteiger charge is -2.04. The highest BCUT2D eigenvalue weighted by molar-refractivity contribution is 5.88. The van der Waals surface area contributed by atoms with Crippen molar-refractivity contribution in [3.05, 3.63) is 29.8 Å². The van der Waals surface area contributed by atoms with Crippen molar-refractivity contribution in [1.82, 2.24) is 0 Å². The molecule has 1 aromatic carbocycles. The Kier molecular flexibility index (Phi) is 4.13. The van der Waals surface area contributed by atoms with Crippen molar-refractivity contribution in [2.75, 3.05) is 19.0 Å². The summed E-state index contributed by atoms with van der Waals surface area (Å²) < 4.78 is 4.98. The molecule has 3 heteroatoms. The van der Waals surface area contributed by atoms with Crippen molar-refractivity contribution in [3.63, 3.8) is 0 Å². The molecule has 1 amide bonds. The van der Waals surface area contributed by atoms with Gasteiger partial charge in [0.2, 0.25) is 5.91 Å². The fourth-order valence-corrected chi connectivity index (χ4v) is 1.23. The van der Waals surface area contributed by atoms with E-state index in [-0.39, 0.29) is 5.91 Å². The van der Waals surface area contributed by atoms with E-state index in [4.69, 9.17) is 4.74 Å². The lowest BCUT2D eigenvalue weighted by Crippen LogP contribution is -2.06. The molecular weight excluding hydrogens is 178 g/mol. The number of rotatable bonds is 4. The quantitative estimate of drug-likeness (QED) is 0.792. The van der Waals surface area contributed by atoms with Crippen LogP contribution in [0.3, 0.4) is 0 Å². The molecule has 0 heterocycles. The first-order valence-electron chi connectivity index (χ1n) is 4.58. The number of hydrogen-bond donors (Lipinski definition) is 1. The summed E-state index contributed by atoms with van der Waals surface area (Å²) in [6.07, 6.45) is 0.865. The predicted molar refractivity (Wildman–Crippen MR) is 56.3 cm³/mol. The van der Waals surface area contributed by atoms with Crippen LogP contribution < -0.4 is 5.32 Å². The molecule has 0 saturated heterocycles. The SMILES string of the molecule is COCCc1cccc(NC(C)=O)c1. The molecule has 1 rings (SSSR count). The number of benzene rings is 1. The number of carbonyl (C=O) groups excluding carboxylic acids is 1. The number of anilines is 1. The van der Waals surface area contributed by atoms with Crippen molar-refractivity contribution >= 4 is 11.6 Å². The van der Waals surface area contributed by atoms with Gasteiger partial charge in [-0.15, -0.1) is 0 Å². The van der Waals surface area contributed by atoms with Crippen molar-refractivity contribution in [2.24, 2.45) is 0 Å². The zero-order valence-electron chi connectivity index (χ0n) is 8.54. The predicted octanol–water partition coefficient (Wildman–Crippen LogP) is 1.83. The minimum Gasteiger partial charge on any atom is -0.384 e. The Morgan fingerprint density at radius 3 is 2.93 bits per heavy atom. The monoisotopic (exact) mass is 193 g/mol. The van der Waals surface area contributed by atoms with Crippen LogP contribution in [0, 0.1) is 0 Å². The Labute approximate surface area is 84.1 Å². The summed E-state index contributed by atoms with van der Waals surface area (Å²) in [4.78, 5) is 10.8. The summed E-state index contributed by atoms with van der Waals surface area (Å²) >= 11 is 0. The van der Waals surface area contributed by atoms with Gasteiger partial charge in [0.05, 0.1) is 6.61 Å². The van der Waals surface area contributed by atoms with E-state index in [0.717, 1.165) is 17.7 Å². The number of amides is 1. The van der Waals surface area contributed by atoms with Crippen LogP contribution in [0.2, 0.25) is 0 Å². The van der Waals surface area contributed by atoms with Crippen LogP contribution in [0.4, 0.5) is 5.69 Å². The van der Waals surface area contributed by atoms with Crippen molar-refractivity contribution in [3.8, 4) is 0 Å². The molecule has 0 aliphatic carbocycles. The summed E-state index contributed by atoms with van der Waals surface area (Å²) in [7, 11) is 1.68. The smallest absolute Gasteiger partial charge is 0.221 e. The van der Waals surface area contributed by atoms with Gasteiger partial charge in [-0.3, -0.25) is 4.79 Å². The summed E-state index contributed by atoms with van der Waals surface area (Å²) in [6.45, 7) is 2.20. The molecule has 0 saturated carbocycles. The standard InChI is InChI=1S/C11H15NO2/c1-9(13)12-11-5-3-4-10(8-11)6-7-14-2/h3-5,8H,6-7H2,1-2H3,(H,12,13). The molecule has 0 spiro atoms. The van der Waals surface area contributed by atoms with Crippen molar-refractivity contribution in [2.45, 2.75) is 13.3 Å². The summed E-state index contributed by atoms with van der Waals surface area (Å²) in [6, 6.07) is 7.78. The van der Waals surface area contributed by atoms with E-state index in [1.807, 2.05) is 24.3 Å². The van der Waals surface area contributed by atoms with E-state index in [1.54, 1.807) is 7.11 Å². The molecule has 0 aromatic heterocycles. The maximum absolute atomic E-state index is 10.8. The molecule has 0 aliphatic rings. The molecule has 0 bridgehead atoms. The summed E-state index contributed by atoms with van der Waals surface area (Å²) in [5.41, 5.74) is 2.00. The van der Waals surface area contributed by atoms with Crippen molar-refractivity contribution < 1.29 is 9.53 Å². The lowest BCUT2D eigenvalue weighted by molar-refractivity contribution is -0.114. The minimum atomic E-state index is -0.0473. The van der Waals surface area contributed by atoms with Gasteiger partial charge in [-0.1, -0.05) is 12.1 Å². The van der Waals surface area contributed by atoms with Crippen LogP contribution in [0.1, 0.15) is 12.5 Å². The van der Waals surface area contributed by atoms with Crippen molar-refractivity contribution in [1.29, 1.82) is 0 Å².